The minimum Gasteiger partial charge on any atom is -0.490 e. The number of benzene rings is 2. The van der Waals surface area contributed by atoms with Crippen LogP contribution in [0.4, 0.5) is 18.9 Å². The van der Waals surface area contributed by atoms with E-state index in [1.165, 1.54) is 12.1 Å². The maximum absolute atomic E-state index is 12.7. The maximum Gasteiger partial charge on any atom is 0.416 e. The van der Waals surface area contributed by atoms with Crippen molar-refractivity contribution in [2.45, 2.75) is 19.1 Å². The standard InChI is InChI=1S/C21H24F3N3O3.HI/c1-28-12-9-25-20(26-14-15-3-5-16(6-4-15)21(22,23)24)27-17-7-8-18-19(13-17)30-11-2-10-29-18;/h3-8,13H,2,9-12,14H2,1H3,(H2,25,26,27);1H. The van der Waals surface area contributed by atoms with E-state index in [9.17, 15) is 13.2 Å². The van der Waals surface area contributed by atoms with Crippen LogP contribution in [-0.4, -0.2) is 39.4 Å². The summed E-state index contributed by atoms with van der Waals surface area (Å²) in [5.74, 6) is 1.81. The zero-order valence-electron chi connectivity index (χ0n) is 17.0. The molecule has 2 N–H and O–H groups in total. The molecule has 0 aromatic heterocycles. The summed E-state index contributed by atoms with van der Waals surface area (Å²) in [5, 5.41) is 6.31. The summed E-state index contributed by atoms with van der Waals surface area (Å²) in [5.41, 5.74) is 0.726. The molecule has 2 aromatic carbocycles. The number of anilines is 1. The van der Waals surface area contributed by atoms with Crippen molar-refractivity contribution < 1.29 is 27.4 Å². The summed E-state index contributed by atoms with van der Waals surface area (Å²) in [4.78, 5) is 4.47. The molecule has 0 unspecified atom stereocenters. The van der Waals surface area contributed by atoms with Crippen LogP contribution in [0.25, 0.3) is 0 Å². The van der Waals surface area contributed by atoms with Gasteiger partial charge in [0.05, 0.1) is 31.9 Å². The van der Waals surface area contributed by atoms with Crippen LogP contribution in [0.2, 0.25) is 0 Å². The quantitative estimate of drug-likeness (QED) is 0.236. The van der Waals surface area contributed by atoms with E-state index in [-0.39, 0.29) is 30.5 Å². The molecule has 6 nitrogen and oxygen atoms in total. The highest BCUT2D eigenvalue weighted by atomic mass is 127. The Morgan fingerprint density at radius 2 is 1.77 bits per heavy atom. The molecule has 0 bridgehead atoms. The van der Waals surface area contributed by atoms with Crippen LogP contribution in [0.3, 0.4) is 0 Å². The Balaban J connectivity index is 0.00000341. The van der Waals surface area contributed by atoms with E-state index in [2.05, 4.69) is 15.6 Å². The number of halogens is 4. The van der Waals surface area contributed by atoms with Gasteiger partial charge in [-0.25, -0.2) is 4.99 Å². The fourth-order valence-corrected chi connectivity index (χ4v) is 2.76. The van der Waals surface area contributed by atoms with Crippen molar-refractivity contribution in [1.29, 1.82) is 0 Å². The number of guanidine groups is 1. The van der Waals surface area contributed by atoms with Crippen molar-refractivity contribution in [2.24, 2.45) is 4.99 Å². The van der Waals surface area contributed by atoms with Crippen LogP contribution < -0.4 is 20.1 Å². The predicted octanol–water partition coefficient (Wildman–Crippen LogP) is 4.69. The van der Waals surface area contributed by atoms with Crippen molar-refractivity contribution in [3.8, 4) is 11.5 Å². The molecule has 10 heteroatoms. The van der Waals surface area contributed by atoms with Crippen molar-refractivity contribution in [1.82, 2.24) is 5.32 Å². The number of methoxy groups -OCH3 is 1. The lowest BCUT2D eigenvalue weighted by Gasteiger charge is -2.14. The number of rotatable bonds is 6. The highest BCUT2D eigenvalue weighted by Crippen LogP contribution is 2.32. The SMILES string of the molecule is COCCNC(=NCc1ccc(C(F)(F)F)cc1)Nc1ccc2c(c1)OCCCO2.I. The van der Waals surface area contributed by atoms with Gasteiger partial charge in [-0.3, -0.25) is 0 Å². The maximum atomic E-state index is 12.7. The van der Waals surface area contributed by atoms with E-state index in [4.69, 9.17) is 14.2 Å². The van der Waals surface area contributed by atoms with Crippen molar-refractivity contribution >= 4 is 35.6 Å². The molecule has 3 rings (SSSR count). The summed E-state index contributed by atoms with van der Waals surface area (Å²) in [6, 6.07) is 10.5. The first-order chi connectivity index (χ1) is 14.5. The first kappa shape index (κ1) is 25.1. The van der Waals surface area contributed by atoms with Gasteiger partial charge in [0.2, 0.25) is 0 Å². The molecule has 1 heterocycles. The molecule has 0 radical (unpaired) electrons. The fourth-order valence-electron chi connectivity index (χ4n) is 2.76. The van der Waals surface area contributed by atoms with E-state index in [0.717, 1.165) is 24.2 Å². The summed E-state index contributed by atoms with van der Waals surface area (Å²) in [6.45, 7) is 2.39. The summed E-state index contributed by atoms with van der Waals surface area (Å²) in [7, 11) is 1.60. The third kappa shape index (κ3) is 7.76. The van der Waals surface area contributed by atoms with Gasteiger partial charge in [0.15, 0.2) is 17.5 Å². The zero-order valence-corrected chi connectivity index (χ0v) is 19.3. The summed E-state index contributed by atoms with van der Waals surface area (Å²) < 4.78 is 54.5. The molecule has 0 atom stereocenters. The Morgan fingerprint density at radius 3 is 2.45 bits per heavy atom. The van der Waals surface area contributed by atoms with Gasteiger partial charge < -0.3 is 24.8 Å². The van der Waals surface area contributed by atoms with Gasteiger partial charge in [0.25, 0.3) is 0 Å². The molecule has 0 saturated heterocycles. The molecule has 31 heavy (non-hydrogen) atoms. The second kappa shape index (κ2) is 12.0. The van der Waals surface area contributed by atoms with Gasteiger partial charge in [-0.05, 0) is 29.8 Å². The number of ether oxygens (including phenoxy) is 3. The molecule has 1 aliphatic heterocycles. The smallest absolute Gasteiger partial charge is 0.416 e. The van der Waals surface area contributed by atoms with E-state index in [1.807, 2.05) is 18.2 Å². The average molecular weight is 551 g/mol. The molecule has 0 saturated carbocycles. The third-order valence-electron chi connectivity index (χ3n) is 4.31. The monoisotopic (exact) mass is 551 g/mol. The van der Waals surface area contributed by atoms with Crippen LogP contribution in [0.5, 0.6) is 11.5 Å². The normalized spacial score (nSPS) is 13.7. The van der Waals surface area contributed by atoms with Gasteiger partial charge in [0, 0.05) is 31.8 Å². The Hall–Kier alpha value is -2.21. The predicted molar refractivity (Wildman–Crippen MR) is 124 cm³/mol. The van der Waals surface area contributed by atoms with E-state index >= 15 is 0 Å². The van der Waals surface area contributed by atoms with Crippen LogP contribution in [0, 0.1) is 0 Å². The highest BCUT2D eigenvalue weighted by Gasteiger charge is 2.29. The second-order valence-electron chi connectivity index (χ2n) is 6.62. The second-order valence-corrected chi connectivity index (χ2v) is 6.62. The van der Waals surface area contributed by atoms with Gasteiger partial charge in [0.1, 0.15) is 0 Å². The van der Waals surface area contributed by atoms with E-state index in [0.29, 0.717) is 49.4 Å². The van der Waals surface area contributed by atoms with Crippen LogP contribution in [-0.2, 0) is 17.5 Å². The number of nitrogens with zero attached hydrogens (tertiary/aromatic N) is 1. The van der Waals surface area contributed by atoms with Gasteiger partial charge in [-0.2, -0.15) is 13.2 Å². The molecule has 0 aliphatic carbocycles. The lowest BCUT2D eigenvalue weighted by atomic mass is 10.1. The Kier molecular flexibility index (Phi) is 9.69. The topological polar surface area (TPSA) is 64.1 Å². The van der Waals surface area contributed by atoms with Gasteiger partial charge >= 0.3 is 6.18 Å². The molecule has 2 aromatic rings. The fraction of sp³-hybridized carbons (Fsp3) is 0.381. The Bertz CT molecular complexity index is 861. The number of hydrogen-bond acceptors (Lipinski definition) is 4. The third-order valence-corrected chi connectivity index (χ3v) is 4.31. The summed E-state index contributed by atoms with van der Waals surface area (Å²) >= 11 is 0. The molecular weight excluding hydrogens is 526 g/mol. The van der Waals surface area contributed by atoms with Gasteiger partial charge in [-0.1, -0.05) is 12.1 Å². The minimum absolute atomic E-state index is 0. The Labute approximate surface area is 196 Å². The molecule has 170 valence electrons. The number of fused-ring (bicyclic) bond motifs is 1. The van der Waals surface area contributed by atoms with Crippen LogP contribution in [0.1, 0.15) is 17.5 Å². The number of nitrogens with one attached hydrogen (secondary N) is 2. The highest BCUT2D eigenvalue weighted by molar-refractivity contribution is 14.0. The minimum atomic E-state index is -4.35. The molecule has 0 spiro atoms. The average Bonchev–Trinajstić information content (AvgIpc) is 2.97. The lowest BCUT2D eigenvalue weighted by molar-refractivity contribution is -0.137. The number of alkyl halides is 3. The van der Waals surface area contributed by atoms with Crippen LogP contribution >= 0.6 is 24.0 Å². The van der Waals surface area contributed by atoms with Crippen molar-refractivity contribution in [3.05, 3.63) is 53.6 Å². The lowest BCUT2D eigenvalue weighted by Crippen LogP contribution is -2.33. The Morgan fingerprint density at radius 1 is 1.06 bits per heavy atom. The summed E-state index contributed by atoms with van der Waals surface area (Å²) in [6.07, 6.45) is -3.54. The number of aliphatic imine (C=N–C) groups is 1. The first-order valence-corrected chi connectivity index (χ1v) is 9.56. The van der Waals surface area contributed by atoms with Crippen molar-refractivity contribution in [2.75, 3.05) is 38.8 Å². The first-order valence-electron chi connectivity index (χ1n) is 9.56. The van der Waals surface area contributed by atoms with E-state index < -0.39 is 11.7 Å². The number of hydrogen-bond donors (Lipinski definition) is 2. The van der Waals surface area contributed by atoms with Crippen molar-refractivity contribution in [3.63, 3.8) is 0 Å². The molecular formula is C21H25F3IN3O3. The molecule has 0 fully saturated rings. The largest absolute Gasteiger partial charge is 0.490 e. The molecule has 0 amide bonds. The van der Waals surface area contributed by atoms with Gasteiger partial charge in [-0.15, -0.1) is 24.0 Å². The van der Waals surface area contributed by atoms with Crippen LogP contribution in [0.15, 0.2) is 47.5 Å². The van der Waals surface area contributed by atoms with E-state index in [1.54, 1.807) is 7.11 Å². The zero-order chi connectivity index (χ0) is 21.4. The molecule has 1 aliphatic rings.